The second-order valence-electron chi connectivity index (χ2n) is 5.39. The highest BCUT2D eigenvalue weighted by atomic mass is 35.5. The summed E-state index contributed by atoms with van der Waals surface area (Å²) in [6, 6.07) is 24.7. The Hall–Kier alpha value is -1.93. The van der Waals surface area contributed by atoms with Gasteiger partial charge in [0.05, 0.1) is 10.2 Å². The molecule has 118 valence electrons. The normalized spacial score (nSPS) is 11.7. The number of aromatic nitrogens is 1. The first kappa shape index (κ1) is 15.6. The van der Waals surface area contributed by atoms with Gasteiger partial charge in [0.15, 0.2) is 11.9 Å². The third-order valence-corrected chi connectivity index (χ3v) is 8.64. The van der Waals surface area contributed by atoms with Crippen LogP contribution >= 0.6 is 30.1 Å². The minimum Gasteiger partial charge on any atom is -0.306 e. The molecule has 4 rings (SSSR count). The van der Waals surface area contributed by atoms with Gasteiger partial charge in [0.1, 0.15) is 0 Å². The fourth-order valence-corrected chi connectivity index (χ4v) is 7.26. The second-order valence-corrected chi connectivity index (χ2v) is 9.83. The van der Waals surface area contributed by atoms with E-state index < -0.39 is 7.14 Å². The van der Waals surface area contributed by atoms with Crippen molar-refractivity contribution in [3.8, 4) is 0 Å². The van der Waals surface area contributed by atoms with Crippen molar-refractivity contribution in [2.45, 2.75) is 0 Å². The summed E-state index contributed by atoms with van der Waals surface area (Å²) >= 11 is 7.54. The van der Waals surface area contributed by atoms with Crippen molar-refractivity contribution >= 4 is 55.7 Å². The Kier molecular flexibility index (Phi) is 4.01. The molecule has 0 amide bonds. The van der Waals surface area contributed by atoms with Gasteiger partial charge in [-0.1, -0.05) is 72.3 Å². The minimum atomic E-state index is -3.00. The van der Waals surface area contributed by atoms with E-state index in [9.17, 15) is 4.57 Å². The van der Waals surface area contributed by atoms with E-state index in [0.717, 1.165) is 20.8 Å². The molecule has 24 heavy (non-hydrogen) atoms. The molecule has 4 aromatic rings. The Bertz CT molecular complexity index is 1000. The fourth-order valence-electron chi connectivity index (χ4n) is 2.67. The number of rotatable bonds is 3. The van der Waals surface area contributed by atoms with Crippen molar-refractivity contribution in [2.75, 3.05) is 0 Å². The maximum Gasteiger partial charge on any atom is 0.198 e. The predicted molar refractivity (Wildman–Crippen MR) is 104 cm³/mol. The molecule has 0 atom stereocenters. The molecule has 0 N–H and O–H groups in total. The van der Waals surface area contributed by atoms with Crippen LogP contribution in [0.5, 0.6) is 0 Å². The van der Waals surface area contributed by atoms with Crippen molar-refractivity contribution in [2.24, 2.45) is 0 Å². The quantitative estimate of drug-likeness (QED) is 0.494. The first-order valence-corrected chi connectivity index (χ1v) is 10.4. The van der Waals surface area contributed by atoms with Gasteiger partial charge in [-0.25, -0.2) is 4.98 Å². The molecule has 3 aromatic carbocycles. The second kappa shape index (κ2) is 6.18. The molecule has 0 unspecified atom stereocenters. The summed E-state index contributed by atoms with van der Waals surface area (Å²) in [4.78, 5) is 4.68. The van der Waals surface area contributed by atoms with Crippen LogP contribution in [0.1, 0.15) is 0 Å². The summed E-state index contributed by atoms with van der Waals surface area (Å²) < 4.78 is 15.8. The van der Waals surface area contributed by atoms with Gasteiger partial charge < -0.3 is 4.57 Å². The molecule has 0 fully saturated rings. The third-order valence-electron chi connectivity index (χ3n) is 3.85. The highest BCUT2D eigenvalue weighted by Gasteiger charge is 2.33. The standard InChI is InChI=1S/C19H13ClNOPS/c20-14-11-12-17-18(13-14)24-19(21-17)23(22,15-7-3-1-4-8-15)16-9-5-2-6-10-16/h1-13H. The molecule has 0 spiro atoms. The minimum absolute atomic E-state index is 0.636. The van der Waals surface area contributed by atoms with Gasteiger partial charge >= 0.3 is 0 Å². The summed E-state index contributed by atoms with van der Waals surface area (Å²) in [7, 11) is -3.00. The van der Waals surface area contributed by atoms with Gasteiger partial charge in [-0.15, -0.1) is 11.3 Å². The van der Waals surface area contributed by atoms with Crippen LogP contribution in [0.2, 0.25) is 5.02 Å². The van der Waals surface area contributed by atoms with Crippen LogP contribution < -0.4 is 15.4 Å². The summed E-state index contributed by atoms with van der Waals surface area (Å²) in [6.45, 7) is 0. The van der Waals surface area contributed by atoms with Gasteiger partial charge in [0.2, 0.25) is 0 Å². The first-order valence-electron chi connectivity index (χ1n) is 7.46. The van der Waals surface area contributed by atoms with Crippen LogP contribution in [0, 0.1) is 0 Å². The summed E-state index contributed by atoms with van der Waals surface area (Å²) in [6.07, 6.45) is 0. The molecule has 0 saturated carbocycles. The summed E-state index contributed by atoms with van der Waals surface area (Å²) in [5.41, 5.74) is 0.825. The molecule has 1 aromatic heterocycles. The molecule has 1 heterocycles. The SMILES string of the molecule is O=P(c1ccccc1)(c1ccccc1)c1nc2ccc(Cl)cc2s1. The number of nitrogens with zero attached hydrogens (tertiary/aromatic N) is 1. The first-order chi connectivity index (χ1) is 11.7. The zero-order chi connectivity index (χ0) is 16.6. The maximum absolute atomic E-state index is 14.2. The van der Waals surface area contributed by atoms with Crippen LogP contribution in [0.15, 0.2) is 78.9 Å². The van der Waals surface area contributed by atoms with Gasteiger partial charge in [0.25, 0.3) is 0 Å². The van der Waals surface area contributed by atoms with Crippen LogP contribution in [0.3, 0.4) is 0 Å². The van der Waals surface area contributed by atoms with Crippen LogP contribution in [-0.2, 0) is 4.57 Å². The van der Waals surface area contributed by atoms with Gasteiger partial charge in [-0.2, -0.15) is 0 Å². The summed E-state index contributed by atoms with van der Waals surface area (Å²) in [5, 5.41) is 2.25. The highest BCUT2D eigenvalue weighted by Crippen LogP contribution is 2.44. The van der Waals surface area contributed by atoms with Crippen LogP contribution in [-0.4, -0.2) is 4.98 Å². The molecule has 0 bridgehead atoms. The molecule has 0 radical (unpaired) electrons. The zero-order valence-electron chi connectivity index (χ0n) is 12.6. The Balaban J connectivity index is 2.00. The van der Waals surface area contributed by atoms with Crippen molar-refractivity contribution in [1.82, 2.24) is 4.98 Å². The van der Waals surface area contributed by atoms with E-state index >= 15 is 0 Å². The van der Waals surface area contributed by atoms with Crippen molar-refractivity contribution in [3.63, 3.8) is 0 Å². The third kappa shape index (κ3) is 2.59. The summed E-state index contributed by atoms with van der Waals surface area (Å²) in [5.74, 6) is 0. The van der Waals surface area contributed by atoms with Crippen LogP contribution in [0.4, 0.5) is 0 Å². The molecule has 0 saturated heterocycles. The predicted octanol–water partition coefficient (Wildman–Crippen LogP) is 4.59. The lowest BCUT2D eigenvalue weighted by molar-refractivity contribution is 0.592. The van der Waals surface area contributed by atoms with E-state index in [1.165, 1.54) is 11.3 Å². The average molecular weight is 370 g/mol. The molecule has 2 nitrogen and oxygen atoms in total. The lowest BCUT2D eigenvalue weighted by Gasteiger charge is -2.16. The van der Waals surface area contributed by atoms with Gasteiger partial charge in [-0.05, 0) is 18.2 Å². The van der Waals surface area contributed by atoms with Gasteiger partial charge in [-0.3, -0.25) is 0 Å². The lowest BCUT2D eigenvalue weighted by atomic mass is 10.3. The number of hydrogen-bond donors (Lipinski definition) is 0. The Morgan fingerprint density at radius 3 is 2.00 bits per heavy atom. The number of hydrogen-bond acceptors (Lipinski definition) is 3. The van der Waals surface area contributed by atoms with E-state index in [1.807, 2.05) is 78.9 Å². The number of thiazole rings is 1. The number of benzene rings is 3. The molecule has 5 heteroatoms. The largest absolute Gasteiger partial charge is 0.306 e. The van der Waals surface area contributed by atoms with Gasteiger partial charge in [0, 0.05) is 15.6 Å². The Labute approximate surface area is 149 Å². The van der Waals surface area contributed by atoms with Crippen LogP contribution in [0.25, 0.3) is 10.2 Å². The van der Waals surface area contributed by atoms with E-state index in [0.29, 0.717) is 9.77 Å². The topological polar surface area (TPSA) is 30.0 Å². The lowest BCUT2D eigenvalue weighted by Crippen LogP contribution is -2.24. The van der Waals surface area contributed by atoms with E-state index in [2.05, 4.69) is 4.98 Å². The van der Waals surface area contributed by atoms with E-state index in [4.69, 9.17) is 11.6 Å². The Morgan fingerprint density at radius 1 is 0.833 bits per heavy atom. The number of fused-ring (bicyclic) bond motifs is 1. The zero-order valence-corrected chi connectivity index (χ0v) is 15.1. The number of halogens is 1. The van der Waals surface area contributed by atoms with E-state index in [-0.39, 0.29) is 0 Å². The fraction of sp³-hybridized carbons (Fsp3) is 0. The smallest absolute Gasteiger partial charge is 0.198 e. The molecule has 0 aliphatic rings. The van der Waals surface area contributed by atoms with Crippen molar-refractivity contribution < 1.29 is 4.57 Å². The molecule has 0 aliphatic heterocycles. The van der Waals surface area contributed by atoms with Crippen molar-refractivity contribution in [3.05, 3.63) is 83.9 Å². The molecular formula is C19H13ClNOPS. The Morgan fingerprint density at radius 2 is 1.42 bits per heavy atom. The van der Waals surface area contributed by atoms with Crippen molar-refractivity contribution in [1.29, 1.82) is 0 Å². The monoisotopic (exact) mass is 369 g/mol. The maximum atomic E-state index is 14.2. The molecule has 0 aliphatic carbocycles. The van der Waals surface area contributed by atoms with E-state index in [1.54, 1.807) is 0 Å². The molecular weight excluding hydrogens is 357 g/mol. The highest BCUT2D eigenvalue weighted by molar-refractivity contribution is 7.89. The average Bonchev–Trinajstić information content (AvgIpc) is 3.06.